The van der Waals surface area contributed by atoms with Crippen LogP contribution in [0.5, 0.6) is 0 Å². The molecule has 0 aromatic rings. The number of rotatable bonds is 2. The van der Waals surface area contributed by atoms with Crippen molar-refractivity contribution in [1.82, 2.24) is 15.1 Å². The molecule has 0 spiro atoms. The van der Waals surface area contributed by atoms with Gasteiger partial charge >= 0.3 is 0 Å². The lowest BCUT2D eigenvalue weighted by Crippen LogP contribution is -2.49. The normalized spacial score (nSPS) is 39.2. The molecule has 0 radical (unpaired) electrons. The maximum absolute atomic E-state index is 3.53. The lowest BCUT2D eigenvalue weighted by molar-refractivity contribution is 0.110. The third kappa shape index (κ3) is 2.05. The molecule has 3 heteroatoms. The van der Waals surface area contributed by atoms with E-state index in [0.29, 0.717) is 0 Å². The maximum atomic E-state index is 3.53. The highest BCUT2D eigenvalue weighted by molar-refractivity contribution is 4.91. The molecule has 0 amide bonds. The molecule has 0 aliphatic carbocycles. The Morgan fingerprint density at radius 1 is 0.867 bits per heavy atom. The van der Waals surface area contributed by atoms with Crippen LogP contribution in [0.25, 0.3) is 0 Å². The Morgan fingerprint density at radius 3 is 2.47 bits per heavy atom. The topological polar surface area (TPSA) is 18.5 Å². The van der Waals surface area contributed by atoms with E-state index in [-0.39, 0.29) is 0 Å². The van der Waals surface area contributed by atoms with E-state index in [1.54, 1.807) is 0 Å². The van der Waals surface area contributed by atoms with E-state index >= 15 is 0 Å². The van der Waals surface area contributed by atoms with Crippen LogP contribution in [-0.2, 0) is 0 Å². The van der Waals surface area contributed by atoms with Crippen LogP contribution in [0.1, 0.15) is 25.7 Å². The monoisotopic (exact) mass is 209 g/mol. The van der Waals surface area contributed by atoms with Gasteiger partial charge in [0.1, 0.15) is 0 Å². The number of nitrogens with zero attached hydrogens (tertiary/aromatic N) is 2. The summed E-state index contributed by atoms with van der Waals surface area (Å²) < 4.78 is 0. The molecule has 0 bridgehead atoms. The van der Waals surface area contributed by atoms with Gasteiger partial charge in [0.15, 0.2) is 0 Å². The van der Waals surface area contributed by atoms with Gasteiger partial charge in [-0.05, 0) is 45.3 Å². The van der Waals surface area contributed by atoms with Gasteiger partial charge in [-0.2, -0.15) is 0 Å². The highest BCUT2D eigenvalue weighted by Crippen LogP contribution is 2.23. The molecule has 2 unspecified atom stereocenters. The number of likely N-dealkylation sites (tertiary alicyclic amines) is 2. The SMILES string of the molecule is C1CNCC(N2CCC(N3CCC3)C2)C1. The molecule has 3 nitrogen and oxygen atoms in total. The summed E-state index contributed by atoms with van der Waals surface area (Å²) >= 11 is 0. The van der Waals surface area contributed by atoms with E-state index in [0.717, 1.165) is 12.1 Å². The maximum Gasteiger partial charge on any atom is 0.0235 e. The number of nitrogens with one attached hydrogen (secondary N) is 1. The van der Waals surface area contributed by atoms with Crippen LogP contribution >= 0.6 is 0 Å². The van der Waals surface area contributed by atoms with Crippen LogP contribution in [0.4, 0.5) is 0 Å². The van der Waals surface area contributed by atoms with E-state index in [9.17, 15) is 0 Å². The van der Waals surface area contributed by atoms with Gasteiger partial charge in [-0.3, -0.25) is 9.80 Å². The summed E-state index contributed by atoms with van der Waals surface area (Å²) in [4.78, 5) is 5.41. The molecule has 2 atom stereocenters. The zero-order valence-corrected chi connectivity index (χ0v) is 9.62. The Hall–Kier alpha value is -0.120. The number of hydrogen-bond acceptors (Lipinski definition) is 3. The predicted octanol–water partition coefficient (Wildman–Crippen LogP) is 0.518. The fraction of sp³-hybridized carbons (Fsp3) is 1.00. The zero-order valence-electron chi connectivity index (χ0n) is 9.62. The molecule has 3 aliphatic rings. The Labute approximate surface area is 92.8 Å². The van der Waals surface area contributed by atoms with Gasteiger partial charge in [-0.1, -0.05) is 0 Å². The highest BCUT2D eigenvalue weighted by Gasteiger charge is 2.33. The molecular formula is C12H23N3. The van der Waals surface area contributed by atoms with Gasteiger partial charge < -0.3 is 5.32 Å². The molecule has 3 rings (SSSR count). The largest absolute Gasteiger partial charge is 0.315 e. The minimum atomic E-state index is 0.838. The van der Waals surface area contributed by atoms with Crippen molar-refractivity contribution in [1.29, 1.82) is 0 Å². The third-order valence-corrected chi connectivity index (χ3v) is 4.39. The zero-order chi connectivity index (χ0) is 10.1. The Balaban J connectivity index is 1.51. The van der Waals surface area contributed by atoms with Gasteiger partial charge in [0.2, 0.25) is 0 Å². The first-order valence-corrected chi connectivity index (χ1v) is 6.62. The van der Waals surface area contributed by atoms with Crippen molar-refractivity contribution >= 4 is 0 Å². The van der Waals surface area contributed by atoms with E-state index in [2.05, 4.69) is 15.1 Å². The van der Waals surface area contributed by atoms with Gasteiger partial charge in [0.05, 0.1) is 0 Å². The van der Waals surface area contributed by atoms with Crippen molar-refractivity contribution in [2.75, 3.05) is 39.3 Å². The Morgan fingerprint density at radius 2 is 1.80 bits per heavy atom. The van der Waals surface area contributed by atoms with Crippen LogP contribution in [0.15, 0.2) is 0 Å². The summed E-state index contributed by atoms with van der Waals surface area (Å²) in [6.45, 7) is 7.87. The number of hydrogen-bond donors (Lipinski definition) is 1. The molecule has 3 fully saturated rings. The van der Waals surface area contributed by atoms with Crippen LogP contribution < -0.4 is 5.32 Å². The second kappa shape index (κ2) is 4.40. The standard InChI is InChI=1S/C12H23N3/c1-3-11(9-13-5-1)15-8-4-12(10-15)14-6-2-7-14/h11-13H,1-10H2. The van der Waals surface area contributed by atoms with Crippen molar-refractivity contribution in [3.63, 3.8) is 0 Å². The first-order valence-electron chi connectivity index (χ1n) is 6.62. The molecule has 0 aromatic carbocycles. The van der Waals surface area contributed by atoms with E-state index < -0.39 is 0 Å². The van der Waals surface area contributed by atoms with Crippen molar-refractivity contribution in [2.45, 2.75) is 37.8 Å². The van der Waals surface area contributed by atoms with Crippen LogP contribution in [0.2, 0.25) is 0 Å². The van der Waals surface area contributed by atoms with Crippen LogP contribution in [0.3, 0.4) is 0 Å². The molecule has 0 aromatic heterocycles. The minimum absolute atomic E-state index is 0.838. The van der Waals surface area contributed by atoms with Gasteiger partial charge in [0.25, 0.3) is 0 Å². The smallest absolute Gasteiger partial charge is 0.0235 e. The third-order valence-electron chi connectivity index (χ3n) is 4.39. The summed E-state index contributed by atoms with van der Waals surface area (Å²) in [6.07, 6.45) is 5.63. The van der Waals surface area contributed by atoms with E-state index in [4.69, 9.17) is 0 Å². The summed E-state index contributed by atoms with van der Waals surface area (Å²) in [5, 5.41) is 3.53. The van der Waals surface area contributed by atoms with Gasteiger partial charge in [0, 0.05) is 31.7 Å². The average molecular weight is 209 g/mol. The fourth-order valence-electron chi connectivity index (χ4n) is 3.25. The van der Waals surface area contributed by atoms with Crippen molar-refractivity contribution in [2.24, 2.45) is 0 Å². The fourth-order valence-corrected chi connectivity index (χ4v) is 3.25. The molecule has 3 heterocycles. The van der Waals surface area contributed by atoms with Crippen molar-refractivity contribution < 1.29 is 0 Å². The summed E-state index contributed by atoms with van der Waals surface area (Å²) in [7, 11) is 0. The summed E-state index contributed by atoms with van der Waals surface area (Å²) in [5.41, 5.74) is 0. The second-order valence-corrected chi connectivity index (χ2v) is 5.33. The lowest BCUT2D eigenvalue weighted by Gasteiger charge is -2.37. The molecule has 3 aliphatic heterocycles. The van der Waals surface area contributed by atoms with Gasteiger partial charge in [-0.15, -0.1) is 0 Å². The predicted molar refractivity (Wildman–Crippen MR) is 62.1 cm³/mol. The minimum Gasteiger partial charge on any atom is -0.315 e. The van der Waals surface area contributed by atoms with Gasteiger partial charge in [-0.25, -0.2) is 0 Å². The lowest BCUT2D eigenvalue weighted by atomic mass is 10.1. The van der Waals surface area contributed by atoms with E-state index in [1.165, 1.54) is 65.0 Å². The Kier molecular flexibility index (Phi) is 2.95. The first-order chi connectivity index (χ1) is 7.43. The average Bonchev–Trinajstić information content (AvgIpc) is 2.66. The number of piperidine rings is 1. The molecular weight excluding hydrogens is 186 g/mol. The van der Waals surface area contributed by atoms with E-state index in [1.807, 2.05) is 0 Å². The quantitative estimate of drug-likeness (QED) is 0.715. The van der Waals surface area contributed by atoms with Crippen LogP contribution in [-0.4, -0.2) is 61.2 Å². The molecule has 1 N–H and O–H groups in total. The van der Waals surface area contributed by atoms with Crippen molar-refractivity contribution in [3.8, 4) is 0 Å². The van der Waals surface area contributed by atoms with Crippen LogP contribution in [0, 0.1) is 0 Å². The van der Waals surface area contributed by atoms with Crippen molar-refractivity contribution in [3.05, 3.63) is 0 Å². The highest BCUT2D eigenvalue weighted by atomic mass is 15.3. The Bertz CT molecular complexity index is 209. The second-order valence-electron chi connectivity index (χ2n) is 5.33. The molecule has 0 saturated carbocycles. The first kappa shape index (κ1) is 10.1. The molecule has 3 saturated heterocycles. The summed E-state index contributed by atoms with van der Waals surface area (Å²) in [6, 6.07) is 1.73. The summed E-state index contributed by atoms with van der Waals surface area (Å²) in [5.74, 6) is 0. The molecule has 86 valence electrons. The molecule has 15 heavy (non-hydrogen) atoms.